The zero-order chi connectivity index (χ0) is 23.3. The number of ether oxygens (including phenoxy) is 2. The molecule has 2 rings (SSSR count). The molecule has 0 aliphatic carbocycles. The van der Waals surface area contributed by atoms with Crippen LogP contribution in [0.5, 0.6) is 0 Å². The number of benzene rings is 2. The molecule has 2 aromatic rings. The summed E-state index contributed by atoms with van der Waals surface area (Å²) < 4.78 is 11.7. The lowest BCUT2D eigenvalue weighted by molar-refractivity contribution is -0.166. The molecule has 0 bridgehead atoms. The SMILES string of the molecule is C=C(C)/C=C\c1c(C)cc(C)c([C@H](OC(C)(C)C)C(=O)OCC)c1-c1ccc(Cl)cc1. The molecule has 0 saturated carbocycles. The van der Waals surface area contributed by atoms with Crippen molar-refractivity contribution in [2.24, 2.45) is 0 Å². The highest BCUT2D eigenvalue weighted by Gasteiger charge is 2.33. The van der Waals surface area contributed by atoms with Crippen LogP contribution in [0, 0.1) is 13.8 Å². The number of halogens is 1. The number of carbonyl (C=O) groups excluding carboxylic acids is 1. The summed E-state index contributed by atoms with van der Waals surface area (Å²) in [5, 5.41) is 0.654. The minimum atomic E-state index is -0.858. The van der Waals surface area contributed by atoms with Crippen molar-refractivity contribution >= 4 is 23.6 Å². The molecule has 0 heterocycles. The predicted molar refractivity (Wildman–Crippen MR) is 130 cm³/mol. The number of hydrogen-bond donors (Lipinski definition) is 0. The van der Waals surface area contributed by atoms with Crippen molar-refractivity contribution < 1.29 is 14.3 Å². The fourth-order valence-electron chi connectivity index (χ4n) is 3.52. The standard InChI is InChI=1S/C27H33ClO3/c1-9-30-26(29)25(31-27(6,7)8)23-19(5)16-18(4)22(15-10-17(2)3)24(23)20-11-13-21(28)14-12-20/h10-16,25H,2,9H2,1,3-8H3/b15-10-/t25-/m0/s1. The molecular formula is C27H33ClO3. The Morgan fingerprint density at radius 1 is 1.16 bits per heavy atom. The zero-order valence-electron chi connectivity index (χ0n) is 19.6. The molecule has 0 fully saturated rings. The first-order chi connectivity index (χ1) is 14.4. The van der Waals surface area contributed by atoms with E-state index in [0.717, 1.165) is 39.0 Å². The first kappa shape index (κ1) is 24.9. The van der Waals surface area contributed by atoms with Crippen molar-refractivity contribution in [3.8, 4) is 11.1 Å². The maximum atomic E-state index is 13.1. The van der Waals surface area contributed by atoms with Gasteiger partial charge in [0.15, 0.2) is 6.10 Å². The molecule has 0 amide bonds. The quantitative estimate of drug-likeness (QED) is 0.328. The van der Waals surface area contributed by atoms with Gasteiger partial charge in [-0.25, -0.2) is 4.79 Å². The number of aryl methyl sites for hydroxylation is 2. The van der Waals surface area contributed by atoms with E-state index in [4.69, 9.17) is 21.1 Å². The molecule has 0 unspecified atom stereocenters. The van der Waals surface area contributed by atoms with Crippen LogP contribution in [-0.2, 0) is 14.3 Å². The van der Waals surface area contributed by atoms with Gasteiger partial charge in [-0.3, -0.25) is 0 Å². The van der Waals surface area contributed by atoms with E-state index in [1.807, 2.05) is 71.0 Å². The zero-order valence-corrected chi connectivity index (χ0v) is 20.4. The van der Waals surface area contributed by atoms with Crippen LogP contribution in [0.1, 0.15) is 63.0 Å². The van der Waals surface area contributed by atoms with Crippen LogP contribution in [-0.4, -0.2) is 18.2 Å². The van der Waals surface area contributed by atoms with Gasteiger partial charge in [0.2, 0.25) is 0 Å². The Bertz CT molecular complexity index is 979. The molecule has 0 N–H and O–H groups in total. The van der Waals surface area contributed by atoms with Gasteiger partial charge in [0, 0.05) is 10.6 Å². The van der Waals surface area contributed by atoms with E-state index in [2.05, 4.69) is 19.6 Å². The first-order valence-electron chi connectivity index (χ1n) is 10.5. The monoisotopic (exact) mass is 440 g/mol. The molecule has 31 heavy (non-hydrogen) atoms. The van der Waals surface area contributed by atoms with E-state index in [0.29, 0.717) is 5.02 Å². The Balaban J connectivity index is 2.91. The molecular weight excluding hydrogens is 408 g/mol. The van der Waals surface area contributed by atoms with E-state index >= 15 is 0 Å². The Morgan fingerprint density at radius 3 is 2.29 bits per heavy atom. The third kappa shape index (κ3) is 6.56. The third-order valence-corrected chi connectivity index (χ3v) is 4.98. The van der Waals surface area contributed by atoms with E-state index < -0.39 is 17.7 Å². The molecule has 0 radical (unpaired) electrons. The van der Waals surface area contributed by atoms with Gasteiger partial charge in [-0.2, -0.15) is 0 Å². The molecule has 166 valence electrons. The second kappa shape index (κ2) is 10.3. The van der Waals surface area contributed by atoms with Crippen LogP contribution in [0.15, 0.2) is 48.6 Å². The van der Waals surface area contributed by atoms with E-state index in [1.165, 1.54) is 0 Å². The maximum absolute atomic E-state index is 13.1. The van der Waals surface area contributed by atoms with Crippen molar-refractivity contribution in [3.63, 3.8) is 0 Å². The molecule has 0 aromatic heterocycles. The number of esters is 1. The average molecular weight is 441 g/mol. The second-order valence-electron chi connectivity index (χ2n) is 8.76. The van der Waals surface area contributed by atoms with Gasteiger partial charge in [-0.1, -0.05) is 54.1 Å². The van der Waals surface area contributed by atoms with Gasteiger partial charge in [-0.05, 0) is 88.4 Å². The Hall–Kier alpha value is -2.36. The van der Waals surface area contributed by atoms with Crippen molar-refractivity contribution in [1.29, 1.82) is 0 Å². The molecule has 3 nitrogen and oxygen atoms in total. The van der Waals surface area contributed by atoms with Crippen LogP contribution < -0.4 is 0 Å². The molecule has 0 saturated heterocycles. The molecule has 4 heteroatoms. The van der Waals surface area contributed by atoms with Gasteiger partial charge in [0.25, 0.3) is 0 Å². The minimum Gasteiger partial charge on any atom is -0.464 e. The van der Waals surface area contributed by atoms with Crippen LogP contribution in [0.2, 0.25) is 5.02 Å². The van der Waals surface area contributed by atoms with Crippen LogP contribution in [0.4, 0.5) is 0 Å². The highest BCUT2D eigenvalue weighted by atomic mass is 35.5. The number of rotatable bonds is 7. The fraction of sp³-hybridized carbons (Fsp3) is 0.370. The van der Waals surface area contributed by atoms with Crippen LogP contribution >= 0.6 is 11.6 Å². The number of allylic oxidation sites excluding steroid dienone is 2. The van der Waals surface area contributed by atoms with E-state index in [-0.39, 0.29) is 6.61 Å². The lowest BCUT2D eigenvalue weighted by Crippen LogP contribution is -2.29. The summed E-state index contributed by atoms with van der Waals surface area (Å²) in [5.41, 5.74) is 6.18. The predicted octanol–water partition coefficient (Wildman–Crippen LogP) is 7.63. The molecule has 0 aliphatic heterocycles. The topological polar surface area (TPSA) is 35.5 Å². The van der Waals surface area contributed by atoms with Crippen LogP contribution in [0.25, 0.3) is 17.2 Å². The summed E-state index contributed by atoms with van der Waals surface area (Å²) in [5.74, 6) is -0.394. The maximum Gasteiger partial charge on any atom is 0.339 e. The lowest BCUT2D eigenvalue weighted by Gasteiger charge is -2.30. The van der Waals surface area contributed by atoms with Gasteiger partial charge in [-0.15, -0.1) is 0 Å². The molecule has 2 aromatic carbocycles. The van der Waals surface area contributed by atoms with Gasteiger partial charge in [0.05, 0.1) is 12.2 Å². The molecule has 1 atom stereocenters. The Morgan fingerprint density at radius 2 is 1.77 bits per heavy atom. The third-order valence-electron chi connectivity index (χ3n) is 4.72. The van der Waals surface area contributed by atoms with Crippen molar-refractivity contribution in [3.05, 3.63) is 75.8 Å². The second-order valence-corrected chi connectivity index (χ2v) is 9.20. The van der Waals surface area contributed by atoms with Gasteiger partial charge in [0.1, 0.15) is 0 Å². The smallest absolute Gasteiger partial charge is 0.339 e. The van der Waals surface area contributed by atoms with Crippen molar-refractivity contribution in [2.45, 2.75) is 60.2 Å². The lowest BCUT2D eigenvalue weighted by atomic mass is 9.85. The Labute approximate surface area is 191 Å². The molecule has 0 spiro atoms. The van der Waals surface area contributed by atoms with Gasteiger partial charge >= 0.3 is 5.97 Å². The van der Waals surface area contributed by atoms with Crippen LogP contribution in [0.3, 0.4) is 0 Å². The minimum absolute atomic E-state index is 0.284. The number of carbonyl (C=O) groups is 1. The summed E-state index contributed by atoms with van der Waals surface area (Å²) in [6.45, 7) is 17.9. The largest absolute Gasteiger partial charge is 0.464 e. The summed E-state index contributed by atoms with van der Waals surface area (Å²) in [7, 11) is 0. The van der Waals surface area contributed by atoms with E-state index in [9.17, 15) is 4.79 Å². The Kier molecular flexibility index (Phi) is 8.27. The highest BCUT2D eigenvalue weighted by molar-refractivity contribution is 6.30. The first-order valence-corrected chi connectivity index (χ1v) is 10.9. The fourth-order valence-corrected chi connectivity index (χ4v) is 3.65. The summed E-state index contributed by atoms with van der Waals surface area (Å²) >= 11 is 6.16. The molecule has 0 aliphatic rings. The normalized spacial score (nSPS) is 12.8. The van der Waals surface area contributed by atoms with Crippen molar-refractivity contribution in [2.75, 3.05) is 6.61 Å². The summed E-state index contributed by atoms with van der Waals surface area (Å²) in [6, 6.07) is 9.74. The van der Waals surface area contributed by atoms with Gasteiger partial charge < -0.3 is 9.47 Å². The van der Waals surface area contributed by atoms with Crippen molar-refractivity contribution in [1.82, 2.24) is 0 Å². The summed E-state index contributed by atoms with van der Waals surface area (Å²) in [4.78, 5) is 13.1. The van der Waals surface area contributed by atoms with E-state index in [1.54, 1.807) is 6.92 Å². The average Bonchev–Trinajstić information content (AvgIpc) is 2.65. The highest BCUT2D eigenvalue weighted by Crippen LogP contribution is 2.40. The summed E-state index contributed by atoms with van der Waals surface area (Å²) in [6.07, 6.45) is 3.16. The number of hydrogen-bond acceptors (Lipinski definition) is 3.